The van der Waals surface area contributed by atoms with Gasteiger partial charge in [-0.05, 0) is 25.5 Å². The number of amidine groups is 1. The second kappa shape index (κ2) is 11.5. The molecule has 1 aliphatic heterocycles. The number of allylic oxidation sites excluding steroid dienone is 2. The fourth-order valence-corrected chi connectivity index (χ4v) is 2.34. The molecular formula is C21H30N6O. The number of nitrogens with one attached hydrogen (secondary N) is 2. The molecule has 7 nitrogen and oxygen atoms in total. The van der Waals surface area contributed by atoms with Crippen LogP contribution in [0.4, 0.5) is 5.82 Å². The van der Waals surface area contributed by atoms with Gasteiger partial charge in [0.05, 0.1) is 11.4 Å². The summed E-state index contributed by atoms with van der Waals surface area (Å²) < 4.78 is 0. The Labute approximate surface area is 167 Å². The minimum Gasteiger partial charge on any atom is -0.384 e. The predicted molar refractivity (Wildman–Crippen MR) is 116 cm³/mol. The fraction of sp³-hybridized carbons (Fsp3) is 0.333. The number of aliphatic imine (C=N–C) groups is 1. The normalized spacial score (nSPS) is 16.3. The highest BCUT2D eigenvalue weighted by Crippen LogP contribution is 2.17. The molecule has 7 heteroatoms. The molecule has 1 unspecified atom stereocenters. The zero-order valence-electron chi connectivity index (χ0n) is 17.3. The van der Waals surface area contributed by atoms with Crippen molar-refractivity contribution in [2.75, 3.05) is 5.73 Å². The van der Waals surface area contributed by atoms with Crippen LogP contribution in [0.1, 0.15) is 46.7 Å². The Morgan fingerprint density at radius 1 is 1.43 bits per heavy atom. The molecule has 4 N–H and O–H groups in total. The van der Waals surface area contributed by atoms with E-state index in [1.807, 2.05) is 46.8 Å². The van der Waals surface area contributed by atoms with E-state index in [-0.39, 0.29) is 11.8 Å². The SMILES string of the molecule is C=C(C(=N/C=C\C)NC1=CNC(C(=O)CC)C=C1C)c1cc(N)ncn1.CC. The van der Waals surface area contributed by atoms with E-state index in [1.54, 1.807) is 18.5 Å². The van der Waals surface area contributed by atoms with Crippen molar-refractivity contribution in [3.63, 3.8) is 0 Å². The topological polar surface area (TPSA) is 105 Å². The molecule has 0 aliphatic carbocycles. The minimum atomic E-state index is -0.300. The Hall–Kier alpha value is -3.22. The molecule has 1 aromatic rings. The van der Waals surface area contributed by atoms with E-state index >= 15 is 0 Å². The monoisotopic (exact) mass is 382 g/mol. The van der Waals surface area contributed by atoms with Crippen molar-refractivity contribution in [3.8, 4) is 0 Å². The van der Waals surface area contributed by atoms with Gasteiger partial charge in [0.15, 0.2) is 5.78 Å². The van der Waals surface area contributed by atoms with Crippen LogP contribution in [0.25, 0.3) is 5.57 Å². The summed E-state index contributed by atoms with van der Waals surface area (Å²) in [5.41, 5.74) is 8.64. The van der Waals surface area contributed by atoms with Crippen LogP contribution >= 0.6 is 0 Å². The van der Waals surface area contributed by atoms with Crippen molar-refractivity contribution >= 4 is 23.0 Å². The molecule has 0 amide bonds. The van der Waals surface area contributed by atoms with Gasteiger partial charge in [0.25, 0.3) is 0 Å². The van der Waals surface area contributed by atoms with Crippen LogP contribution in [0, 0.1) is 0 Å². The van der Waals surface area contributed by atoms with Crippen LogP contribution in [0.5, 0.6) is 0 Å². The molecule has 0 aromatic carbocycles. The molecule has 1 aromatic heterocycles. The third kappa shape index (κ3) is 6.19. The number of rotatable bonds is 6. The van der Waals surface area contributed by atoms with Crippen LogP contribution in [0.3, 0.4) is 0 Å². The molecule has 150 valence electrons. The molecule has 1 aliphatic rings. The molecule has 0 saturated carbocycles. The predicted octanol–water partition coefficient (Wildman–Crippen LogP) is 3.36. The fourth-order valence-electron chi connectivity index (χ4n) is 2.34. The molecule has 2 heterocycles. The summed E-state index contributed by atoms with van der Waals surface area (Å²) in [7, 11) is 0. The summed E-state index contributed by atoms with van der Waals surface area (Å²) in [6.45, 7) is 13.7. The maximum atomic E-state index is 11.9. The number of carbonyl (C=O) groups is 1. The van der Waals surface area contributed by atoms with E-state index in [2.05, 4.69) is 32.2 Å². The van der Waals surface area contributed by atoms with Crippen molar-refractivity contribution < 1.29 is 4.79 Å². The second-order valence-corrected chi connectivity index (χ2v) is 5.76. The summed E-state index contributed by atoms with van der Waals surface area (Å²) in [5.74, 6) is 1.03. The van der Waals surface area contributed by atoms with E-state index in [0.717, 1.165) is 11.3 Å². The van der Waals surface area contributed by atoms with Gasteiger partial charge in [-0.3, -0.25) is 4.79 Å². The number of nitrogens with zero attached hydrogens (tertiary/aromatic N) is 3. The standard InChI is InChI=1S/C19H24N6O.C2H6/c1-5-7-21-19(13(4)14-9-18(20)24-11-23-14)25-16-10-22-15(8-12(16)3)17(26)6-2;1-2/h5,7-11,15,22H,4,6H2,1-3H3,(H,21,25)(H2,20,23,24);1-2H3/b7-5-;. The molecule has 1 atom stereocenters. The molecular weight excluding hydrogens is 352 g/mol. The Balaban J connectivity index is 0.00000190. The highest BCUT2D eigenvalue weighted by atomic mass is 16.1. The molecule has 0 spiro atoms. The van der Waals surface area contributed by atoms with Crippen molar-refractivity contribution in [1.29, 1.82) is 0 Å². The lowest BCUT2D eigenvalue weighted by Crippen LogP contribution is -2.37. The zero-order chi connectivity index (χ0) is 21.1. The number of nitrogen functional groups attached to an aromatic ring is 1. The first-order valence-electron chi connectivity index (χ1n) is 9.37. The van der Waals surface area contributed by atoms with Crippen LogP contribution < -0.4 is 16.4 Å². The lowest BCUT2D eigenvalue weighted by Gasteiger charge is -2.22. The summed E-state index contributed by atoms with van der Waals surface area (Å²) in [6, 6.07) is 1.34. The van der Waals surface area contributed by atoms with Gasteiger partial charge in [-0.25, -0.2) is 15.0 Å². The van der Waals surface area contributed by atoms with Gasteiger partial charge >= 0.3 is 0 Å². The van der Waals surface area contributed by atoms with E-state index in [1.165, 1.54) is 6.33 Å². The van der Waals surface area contributed by atoms with Crippen molar-refractivity contribution in [2.24, 2.45) is 4.99 Å². The van der Waals surface area contributed by atoms with Gasteiger partial charge in [0.1, 0.15) is 24.0 Å². The molecule has 0 saturated heterocycles. The maximum absolute atomic E-state index is 11.9. The third-order valence-electron chi connectivity index (χ3n) is 3.83. The third-order valence-corrected chi connectivity index (χ3v) is 3.83. The smallest absolute Gasteiger partial charge is 0.158 e. The lowest BCUT2D eigenvalue weighted by molar-refractivity contribution is -0.119. The number of anilines is 1. The number of hydrogen-bond acceptors (Lipinski definition) is 6. The van der Waals surface area contributed by atoms with Gasteiger partial charge in [0, 0.05) is 30.5 Å². The minimum absolute atomic E-state index is 0.142. The van der Waals surface area contributed by atoms with Gasteiger partial charge in [0.2, 0.25) is 0 Å². The summed E-state index contributed by atoms with van der Waals surface area (Å²) >= 11 is 0. The number of hydrogen-bond donors (Lipinski definition) is 3. The van der Waals surface area contributed by atoms with E-state index in [0.29, 0.717) is 29.3 Å². The van der Waals surface area contributed by atoms with Crippen molar-refractivity contribution in [3.05, 3.63) is 60.5 Å². The maximum Gasteiger partial charge on any atom is 0.158 e. The first-order valence-corrected chi connectivity index (χ1v) is 9.37. The highest BCUT2D eigenvalue weighted by molar-refractivity contribution is 6.22. The summed E-state index contributed by atoms with van der Waals surface area (Å²) in [4.78, 5) is 24.4. The Kier molecular flexibility index (Phi) is 9.36. The van der Waals surface area contributed by atoms with Crippen LogP contribution in [0.2, 0.25) is 0 Å². The first kappa shape index (κ1) is 22.8. The number of aromatic nitrogens is 2. The van der Waals surface area contributed by atoms with Crippen LogP contribution in [0.15, 0.2) is 59.8 Å². The number of carbonyl (C=O) groups excluding carboxylic acids is 1. The summed E-state index contributed by atoms with van der Waals surface area (Å²) in [6.07, 6.45) is 9.02. The van der Waals surface area contributed by atoms with Crippen LogP contribution in [-0.2, 0) is 4.79 Å². The van der Waals surface area contributed by atoms with E-state index in [9.17, 15) is 4.79 Å². The number of Topliss-reactive ketones (excluding diaryl/α,β-unsaturated/α-hetero) is 1. The Morgan fingerprint density at radius 3 is 2.71 bits per heavy atom. The van der Waals surface area contributed by atoms with Crippen molar-refractivity contribution in [1.82, 2.24) is 20.6 Å². The van der Waals surface area contributed by atoms with E-state index in [4.69, 9.17) is 5.73 Å². The first-order chi connectivity index (χ1) is 13.5. The Morgan fingerprint density at radius 2 is 2.14 bits per heavy atom. The molecule has 0 radical (unpaired) electrons. The average Bonchev–Trinajstić information content (AvgIpc) is 2.72. The molecule has 28 heavy (non-hydrogen) atoms. The number of ketones is 1. The van der Waals surface area contributed by atoms with Gasteiger partial charge < -0.3 is 16.4 Å². The molecule has 0 fully saturated rings. The van der Waals surface area contributed by atoms with Gasteiger partial charge in [-0.2, -0.15) is 0 Å². The molecule has 0 bridgehead atoms. The van der Waals surface area contributed by atoms with Gasteiger partial charge in [-0.15, -0.1) is 0 Å². The number of dihydropyridines is 1. The lowest BCUT2D eigenvalue weighted by atomic mass is 10.0. The van der Waals surface area contributed by atoms with Crippen molar-refractivity contribution in [2.45, 2.75) is 47.1 Å². The second-order valence-electron chi connectivity index (χ2n) is 5.76. The summed E-state index contributed by atoms with van der Waals surface area (Å²) in [5, 5.41) is 6.35. The molecule has 2 rings (SSSR count). The van der Waals surface area contributed by atoms with E-state index < -0.39 is 0 Å². The van der Waals surface area contributed by atoms with Crippen LogP contribution in [-0.4, -0.2) is 27.6 Å². The quantitative estimate of drug-likeness (QED) is 0.515. The van der Waals surface area contributed by atoms with Gasteiger partial charge in [-0.1, -0.05) is 33.4 Å². The number of nitrogens with two attached hydrogens (primary N) is 1. The largest absolute Gasteiger partial charge is 0.384 e. The average molecular weight is 383 g/mol. The Bertz CT molecular complexity index is 820. The highest BCUT2D eigenvalue weighted by Gasteiger charge is 2.19. The zero-order valence-corrected chi connectivity index (χ0v) is 17.3.